The number of aromatic nitrogens is 2. The Morgan fingerprint density at radius 1 is 0.975 bits per heavy atom. The molecule has 3 aromatic rings. The van der Waals surface area contributed by atoms with Crippen molar-refractivity contribution in [3.8, 4) is 5.69 Å². The molecule has 2 fully saturated rings. The van der Waals surface area contributed by atoms with Crippen molar-refractivity contribution in [3.05, 3.63) is 82.9 Å². The van der Waals surface area contributed by atoms with Gasteiger partial charge in [-0.05, 0) is 111 Å². The molecular formula is C32H39FN4O2S. The first kappa shape index (κ1) is 27.4. The summed E-state index contributed by atoms with van der Waals surface area (Å²) < 4.78 is 45.1. The molecule has 2 saturated heterocycles. The van der Waals surface area contributed by atoms with Gasteiger partial charge in [0.05, 0.1) is 22.5 Å². The summed E-state index contributed by atoms with van der Waals surface area (Å²) in [6.45, 7) is 10.5. The largest absolute Gasteiger partial charge is 0.303 e. The second-order valence-electron chi connectivity index (χ2n) is 12.7. The van der Waals surface area contributed by atoms with Crippen molar-refractivity contribution in [1.82, 2.24) is 19.0 Å². The number of hydrogen-bond donors (Lipinski definition) is 0. The maximum absolute atomic E-state index is 13.9. The lowest BCUT2D eigenvalue weighted by Gasteiger charge is -2.47. The topological polar surface area (TPSA) is 58.4 Å². The van der Waals surface area contributed by atoms with Crippen molar-refractivity contribution >= 4 is 16.1 Å². The van der Waals surface area contributed by atoms with Gasteiger partial charge < -0.3 is 4.90 Å². The van der Waals surface area contributed by atoms with Gasteiger partial charge >= 0.3 is 0 Å². The standard InChI is InChI=1S/C32H39FN4O2S/c1-31(2,3)25-6-12-29(13-7-25)40(38,39)36-18-14-26-20-30-24(22-34-37(30)28-10-8-27(33)9-11-28)21-32(26,23-36)15-19-35-16-4-5-17-35/h6-13,20,22H,4-5,14-19,21,23H2,1-3H3. The predicted octanol–water partition coefficient (Wildman–Crippen LogP) is 5.82. The molecule has 0 amide bonds. The SMILES string of the molecule is CC(C)(C)c1ccc(S(=O)(=O)N2CCC3=Cc4c(cnn4-c4ccc(F)cc4)CC3(CCN3CCCC3)C2)cc1. The summed E-state index contributed by atoms with van der Waals surface area (Å²) in [6.07, 6.45) is 8.95. The van der Waals surface area contributed by atoms with E-state index in [4.69, 9.17) is 0 Å². The van der Waals surface area contributed by atoms with Gasteiger partial charge in [0.25, 0.3) is 0 Å². The van der Waals surface area contributed by atoms with E-state index in [1.165, 1.54) is 30.5 Å². The zero-order valence-electron chi connectivity index (χ0n) is 23.7. The summed E-state index contributed by atoms with van der Waals surface area (Å²) in [5.41, 5.74) is 5.07. The van der Waals surface area contributed by atoms with Crippen LogP contribution >= 0.6 is 0 Å². The minimum Gasteiger partial charge on any atom is -0.303 e. The highest BCUT2D eigenvalue weighted by molar-refractivity contribution is 7.89. The molecule has 212 valence electrons. The lowest BCUT2D eigenvalue weighted by atomic mass is 9.67. The Hall–Kier alpha value is -2.81. The fourth-order valence-corrected chi connectivity index (χ4v) is 8.14. The van der Waals surface area contributed by atoms with E-state index in [-0.39, 0.29) is 16.6 Å². The summed E-state index contributed by atoms with van der Waals surface area (Å²) in [7, 11) is -3.63. The van der Waals surface area contributed by atoms with Gasteiger partial charge in [0.2, 0.25) is 10.0 Å². The molecular weight excluding hydrogens is 523 g/mol. The molecule has 1 aliphatic carbocycles. The van der Waals surface area contributed by atoms with Crippen molar-refractivity contribution in [2.24, 2.45) is 5.41 Å². The van der Waals surface area contributed by atoms with Gasteiger partial charge in [-0.1, -0.05) is 38.5 Å². The molecule has 1 atom stereocenters. The number of likely N-dealkylation sites (tertiary alicyclic amines) is 1. The highest BCUT2D eigenvalue weighted by atomic mass is 32.2. The Balaban J connectivity index is 1.33. The first-order chi connectivity index (χ1) is 19.0. The van der Waals surface area contributed by atoms with Crippen molar-refractivity contribution in [1.29, 1.82) is 0 Å². The summed E-state index contributed by atoms with van der Waals surface area (Å²) in [5, 5.41) is 4.68. The average Bonchev–Trinajstić information content (AvgIpc) is 3.60. The molecule has 0 radical (unpaired) electrons. The van der Waals surface area contributed by atoms with Crippen LogP contribution in [0.5, 0.6) is 0 Å². The van der Waals surface area contributed by atoms with E-state index < -0.39 is 10.0 Å². The molecule has 1 unspecified atom stereocenters. The van der Waals surface area contributed by atoms with Crippen LogP contribution in [-0.2, 0) is 21.9 Å². The highest BCUT2D eigenvalue weighted by Crippen LogP contribution is 2.47. The van der Waals surface area contributed by atoms with Crippen LogP contribution in [0.1, 0.15) is 63.3 Å². The van der Waals surface area contributed by atoms with Crippen LogP contribution in [0.3, 0.4) is 0 Å². The molecule has 0 saturated carbocycles. The number of sulfonamides is 1. The summed E-state index contributed by atoms with van der Waals surface area (Å²) >= 11 is 0. The lowest BCUT2D eigenvalue weighted by molar-refractivity contribution is 0.172. The maximum Gasteiger partial charge on any atom is 0.243 e. The third kappa shape index (κ3) is 5.06. The molecule has 8 heteroatoms. The van der Waals surface area contributed by atoms with Crippen LogP contribution in [0.4, 0.5) is 4.39 Å². The molecule has 0 N–H and O–H groups in total. The molecule has 0 bridgehead atoms. The van der Waals surface area contributed by atoms with E-state index in [9.17, 15) is 12.8 Å². The van der Waals surface area contributed by atoms with E-state index in [1.807, 2.05) is 23.0 Å². The number of piperidine rings is 1. The second-order valence-corrected chi connectivity index (χ2v) is 14.7. The number of benzene rings is 2. The second kappa shape index (κ2) is 10.2. The van der Waals surface area contributed by atoms with E-state index in [0.29, 0.717) is 24.4 Å². The monoisotopic (exact) mass is 562 g/mol. The molecule has 2 aromatic carbocycles. The van der Waals surface area contributed by atoms with Gasteiger partial charge in [-0.15, -0.1) is 0 Å². The molecule has 6 rings (SSSR count). The summed E-state index contributed by atoms with van der Waals surface area (Å²) in [4.78, 5) is 2.88. The third-order valence-electron chi connectivity index (χ3n) is 9.05. The smallest absolute Gasteiger partial charge is 0.243 e. The fraction of sp³-hybridized carbons (Fsp3) is 0.469. The van der Waals surface area contributed by atoms with Crippen LogP contribution in [-0.4, -0.2) is 60.1 Å². The minimum atomic E-state index is -3.63. The van der Waals surface area contributed by atoms with Gasteiger partial charge in [-0.3, -0.25) is 0 Å². The molecule has 3 heterocycles. The molecule has 0 spiro atoms. The number of fused-ring (bicyclic) bond motifs is 2. The van der Waals surface area contributed by atoms with Crippen molar-refractivity contribution in [3.63, 3.8) is 0 Å². The molecule has 6 nitrogen and oxygen atoms in total. The van der Waals surface area contributed by atoms with Gasteiger partial charge in [-0.2, -0.15) is 9.40 Å². The number of rotatable bonds is 6. The van der Waals surface area contributed by atoms with Crippen LogP contribution in [0.25, 0.3) is 11.8 Å². The van der Waals surface area contributed by atoms with Crippen molar-refractivity contribution < 1.29 is 12.8 Å². The Bertz CT molecular complexity index is 1510. The molecule has 40 heavy (non-hydrogen) atoms. The van der Waals surface area contributed by atoms with Crippen molar-refractivity contribution in [2.45, 2.75) is 63.2 Å². The molecule has 1 aromatic heterocycles. The van der Waals surface area contributed by atoms with Gasteiger partial charge in [0.1, 0.15) is 5.82 Å². The van der Waals surface area contributed by atoms with Crippen LogP contribution < -0.4 is 0 Å². The van der Waals surface area contributed by atoms with Gasteiger partial charge in [-0.25, -0.2) is 17.5 Å². The Labute approximate surface area is 237 Å². The number of halogens is 1. The first-order valence-electron chi connectivity index (χ1n) is 14.4. The fourth-order valence-electron chi connectivity index (χ4n) is 6.61. The van der Waals surface area contributed by atoms with Gasteiger partial charge in [0, 0.05) is 18.5 Å². The predicted molar refractivity (Wildman–Crippen MR) is 156 cm³/mol. The van der Waals surface area contributed by atoms with Crippen LogP contribution in [0.2, 0.25) is 0 Å². The van der Waals surface area contributed by atoms with Crippen LogP contribution in [0, 0.1) is 11.2 Å². The quantitative estimate of drug-likeness (QED) is 0.380. The number of hydrogen-bond acceptors (Lipinski definition) is 4. The average molecular weight is 563 g/mol. The first-order valence-corrected chi connectivity index (χ1v) is 15.9. The maximum atomic E-state index is 13.9. The van der Waals surface area contributed by atoms with Crippen molar-refractivity contribution in [2.75, 3.05) is 32.7 Å². The van der Waals surface area contributed by atoms with E-state index >= 15 is 0 Å². The Morgan fingerprint density at radius 2 is 1.68 bits per heavy atom. The Morgan fingerprint density at radius 3 is 2.35 bits per heavy atom. The molecule has 2 aliphatic heterocycles. The zero-order chi connectivity index (χ0) is 28.1. The van der Waals surface area contributed by atoms with E-state index in [0.717, 1.165) is 55.0 Å². The van der Waals surface area contributed by atoms with Crippen LogP contribution in [0.15, 0.2) is 65.2 Å². The zero-order valence-corrected chi connectivity index (χ0v) is 24.6. The van der Waals surface area contributed by atoms with E-state index in [1.54, 1.807) is 28.6 Å². The highest BCUT2D eigenvalue weighted by Gasteiger charge is 2.46. The van der Waals surface area contributed by atoms with Gasteiger partial charge in [0.15, 0.2) is 0 Å². The summed E-state index contributed by atoms with van der Waals surface area (Å²) in [6, 6.07) is 13.8. The lowest BCUT2D eigenvalue weighted by Crippen LogP contribution is -2.50. The normalized spacial score (nSPS) is 22.1. The van der Waals surface area contributed by atoms with E-state index in [2.05, 4.69) is 36.8 Å². The summed E-state index contributed by atoms with van der Waals surface area (Å²) in [5.74, 6) is -0.273. The number of nitrogens with zero attached hydrogens (tertiary/aromatic N) is 4. The Kier molecular flexibility index (Phi) is 7.00. The molecule has 3 aliphatic rings. The minimum absolute atomic E-state index is 0.0368. The third-order valence-corrected chi connectivity index (χ3v) is 10.9.